The molecule has 2 N–H and O–H groups in total. The van der Waals surface area contributed by atoms with Gasteiger partial charge in [-0.1, -0.05) is 30.3 Å². The van der Waals surface area contributed by atoms with Gasteiger partial charge in [0, 0.05) is 36.8 Å². The van der Waals surface area contributed by atoms with Gasteiger partial charge in [0.25, 0.3) is 0 Å². The number of nitrogens with one attached hydrogen (secondary N) is 1. The SMILES string of the molecule is CCNC(=NCCc1cccc(O)c1)N1CCC(CSc2ccccc2)C1.I. The van der Waals surface area contributed by atoms with Crippen molar-refractivity contribution in [2.75, 3.05) is 31.9 Å². The van der Waals surface area contributed by atoms with E-state index in [-0.39, 0.29) is 24.0 Å². The van der Waals surface area contributed by atoms with Crippen molar-refractivity contribution in [2.24, 2.45) is 10.9 Å². The molecule has 4 nitrogen and oxygen atoms in total. The Morgan fingerprint density at radius 1 is 1.21 bits per heavy atom. The van der Waals surface area contributed by atoms with Gasteiger partial charge in [-0.05, 0) is 55.5 Å². The fourth-order valence-electron chi connectivity index (χ4n) is 3.32. The number of thioether (sulfide) groups is 1. The summed E-state index contributed by atoms with van der Waals surface area (Å²) in [6, 6.07) is 18.1. The summed E-state index contributed by atoms with van der Waals surface area (Å²) in [5.41, 5.74) is 1.12. The number of phenols is 1. The van der Waals surface area contributed by atoms with E-state index < -0.39 is 0 Å². The minimum Gasteiger partial charge on any atom is -0.508 e. The van der Waals surface area contributed by atoms with Gasteiger partial charge in [-0.15, -0.1) is 35.7 Å². The van der Waals surface area contributed by atoms with Crippen LogP contribution in [0, 0.1) is 5.92 Å². The molecule has 28 heavy (non-hydrogen) atoms. The molecule has 0 bridgehead atoms. The molecule has 1 fully saturated rings. The lowest BCUT2D eigenvalue weighted by atomic mass is 10.1. The van der Waals surface area contributed by atoms with Crippen LogP contribution in [0.2, 0.25) is 0 Å². The predicted octanol–water partition coefficient (Wildman–Crippen LogP) is 4.63. The quantitative estimate of drug-likeness (QED) is 0.246. The number of rotatable bonds is 7. The second kappa shape index (κ2) is 12.2. The van der Waals surface area contributed by atoms with Crippen LogP contribution in [0.1, 0.15) is 18.9 Å². The molecular formula is C22H30IN3OS. The lowest BCUT2D eigenvalue weighted by Crippen LogP contribution is -2.40. The summed E-state index contributed by atoms with van der Waals surface area (Å²) in [5, 5.41) is 13.0. The number of likely N-dealkylation sites (tertiary alicyclic amines) is 1. The molecule has 0 radical (unpaired) electrons. The Kier molecular flexibility index (Phi) is 9.98. The van der Waals surface area contributed by atoms with E-state index >= 15 is 0 Å². The fourth-order valence-corrected chi connectivity index (χ4v) is 4.37. The molecule has 0 saturated carbocycles. The van der Waals surface area contributed by atoms with Crippen molar-refractivity contribution in [2.45, 2.75) is 24.7 Å². The monoisotopic (exact) mass is 511 g/mol. The van der Waals surface area contributed by atoms with Crippen LogP contribution in [0.25, 0.3) is 0 Å². The molecule has 0 aliphatic carbocycles. The summed E-state index contributed by atoms with van der Waals surface area (Å²) in [5.74, 6) is 3.19. The number of hydrogen-bond acceptors (Lipinski definition) is 3. The summed E-state index contributed by atoms with van der Waals surface area (Å²) < 4.78 is 0. The van der Waals surface area contributed by atoms with Gasteiger partial charge in [-0.3, -0.25) is 4.99 Å². The Labute approximate surface area is 189 Å². The highest BCUT2D eigenvalue weighted by molar-refractivity contribution is 14.0. The lowest BCUT2D eigenvalue weighted by Gasteiger charge is -2.21. The van der Waals surface area contributed by atoms with Crippen LogP contribution >= 0.6 is 35.7 Å². The third kappa shape index (κ3) is 7.20. The van der Waals surface area contributed by atoms with Crippen molar-refractivity contribution in [3.05, 3.63) is 60.2 Å². The number of halogens is 1. The van der Waals surface area contributed by atoms with Gasteiger partial charge in [-0.2, -0.15) is 0 Å². The molecule has 6 heteroatoms. The average Bonchev–Trinajstić information content (AvgIpc) is 3.15. The van der Waals surface area contributed by atoms with E-state index in [9.17, 15) is 5.11 Å². The molecule has 2 aromatic carbocycles. The van der Waals surface area contributed by atoms with E-state index in [1.807, 2.05) is 30.0 Å². The van der Waals surface area contributed by atoms with E-state index in [0.29, 0.717) is 11.7 Å². The molecule has 1 aliphatic rings. The third-order valence-corrected chi connectivity index (χ3v) is 5.97. The largest absolute Gasteiger partial charge is 0.508 e. The second-order valence-corrected chi connectivity index (χ2v) is 7.97. The number of aromatic hydroxyl groups is 1. The zero-order valence-corrected chi connectivity index (χ0v) is 19.5. The normalized spacial score (nSPS) is 16.7. The molecule has 1 saturated heterocycles. The maximum atomic E-state index is 9.58. The molecule has 152 valence electrons. The Hall–Kier alpha value is -1.41. The summed E-state index contributed by atoms with van der Waals surface area (Å²) >= 11 is 1.95. The lowest BCUT2D eigenvalue weighted by molar-refractivity contribution is 0.473. The molecule has 1 aliphatic heterocycles. The van der Waals surface area contributed by atoms with Crippen LogP contribution in [0.3, 0.4) is 0 Å². The first-order chi connectivity index (χ1) is 13.2. The second-order valence-electron chi connectivity index (χ2n) is 6.88. The highest BCUT2D eigenvalue weighted by Crippen LogP contribution is 2.25. The number of phenolic OH excluding ortho intramolecular Hbond substituents is 1. The van der Waals surface area contributed by atoms with Gasteiger partial charge in [0.1, 0.15) is 5.75 Å². The first-order valence-electron chi connectivity index (χ1n) is 9.73. The van der Waals surface area contributed by atoms with Crippen LogP contribution in [0.5, 0.6) is 5.75 Å². The van der Waals surface area contributed by atoms with E-state index in [1.165, 1.54) is 11.3 Å². The van der Waals surface area contributed by atoms with Crippen molar-refractivity contribution in [1.29, 1.82) is 0 Å². The van der Waals surface area contributed by atoms with Crippen molar-refractivity contribution in [3.8, 4) is 5.75 Å². The van der Waals surface area contributed by atoms with E-state index in [1.54, 1.807) is 6.07 Å². The minimum absolute atomic E-state index is 0. The smallest absolute Gasteiger partial charge is 0.193 e. The van der Waals surface area contributed by atoms with Gasteiger partial charge in [0.15, 0.2) is 5.96 Å². The number of guanidine groups is 1. The molecule has 1 unspecified atom stereocenters. The Morgan fingerprint density at radius 3 is 2.79 bits per heavy atom. The Bertz CT molecular complexity index is 742. The van der Waals surface area contributed by atoms with Crippen LogP contribution in [-0.4, -0.2) is 47.9 Å². The highest BCUT2D eigenvalue weighted by atomic mass is 127. The third-order valence-electron chi connectivity index (χ3n) is 4.72. The number of benzene rings is 2. The fraction of sp³-hybridized carbons (Fsp3) is 0.409. The van der Waals surface area contributed by atoms with Crippen molar-refractivity contribution in [1.82, 2.24) is 10.2 Å². The van der Waals surface area contributed by atoms with Crippen LogP contribution in [0.15, 0.2) is 64.5 Å². The van der Waals surface area contributed by atoms with E-state index in [4.69, 9.17) is 4.99 Å². The average molecular weight is 511 g/mol. The maximum absolute atomic E-state index is 9.58. The standard InChI is InChI=1S/C22H29N3OS.HI/c1-2-23-22(24-13-11-18-7-6-8-20(26)15-18)25-14-12-19(16-25)17-27-21-9-4-3-5-10-21;/h3-10,15,19,26H,2,11-14,16-17H2,1H3,(H,23,24);1H. The summed E-state index contributed by atoms with van der Waals surface area (Å²) in [7, 11) is 0. The zero-order valence-electron chi connectivity index (χ0n) is 16.4. The van der Waals surface area contributed by atoms with E-state index in [2.05, 4.69) is 47.5 Å². The van der Waals surface area contributed by atoms with E-state index in [0.717, 1.165) is 49.9 Å². The van der Waals surface area contributed by atoms with Crippen LogP contribution in [-0.2, 0) is 6.42 Å². The molecule has 1 heterocycles. The molecule has 3 rings (SSSR count). The zero-order chi connectivity index (χ0) is 18.9. The Balaban J connectivity index is 0.00000280. The van der Waals surface area contributed by atoms with Crippen molar-refractivity contribution in [3.63, 3.8) is 0 Å². The van der Waals surface area contributed by atoms with Gasteiger partial charge in [0.2, 0.25) is 0 Å². The van der Waals surface area contributed by atoms with Crippen molar-refractivity contribution >= 4 is 41.7 Å². The first-order valence-corrected chi connectivity index (χ1v) is 10.7. The minimum atomic E-state index is 0. The van der Waals surface area contributed by atoms with Gasteiger partial charge in [-0.25, -0.2) is 0 Å². The topological polar surface area (TPSA) is 47.9 Å². The summed E-state index contributed by atoms with van der Waals surface area (Å²) in [6.45, 7) is 5.86. The van der Waals surface area contributed by atoms with Gasteiger partial charge < -0.3 is 15.3 Å². The molecular weight excluding hydrogens is 481 g/mol. The maximum Gasteiger partial charge on any atom is 0.193 e. The molecule has 0 spiro atoms. The van der Waals surface area contributed by atoms with Crippen LogP contribution < -0.4 is 5.32 Å². The number of hydrogen-bond donors (Lipinski definition) is 2. The molecule has 0 amide bonds. The van der Waals surface area contributed by atoms with Crippen LogP contribution in [0.4, 0.5) is 0 Å². The number of nitrogens with zero attached hydrogens (tertiary/aromatic N) is 2. The molecule has 1 atom stereocenters. The molecule has 2 aromatic rings. The molecule has 0 aromatic heterocycles. The highest BCUT2D eigenvalue weighted by Gasteiger charge is 2.24. The first kappa shape index (κ1) is 22.9. The van der Waals surface area contributed by atoms with Gasteiger partial charge >= 0.3 is 0 Å². The van der Waals surface area contributed by atoms with Crippen molar-refractivity contribution < 1.29 is 5.11 Å². The summed E-state index contributed by atoms with van der Waals surface area (Å²) in [4.78, 5) is 8.56. The summed E-state index contributed by atoms with van der Waals surface area (Å²) in [6.07, 6.45) is 2.06. The van der Waals surface area contributed by atoms with Gasteiger partial charge in [0.05, 0.1) is 0 Å². The number of aliphatic imine (C=N–C) groups is 1. The predicted molar refractivity (Wildman–Crippen MR) is 130 cm³/mol. The Morgan fingerprint density at radius 2 is 2.04 bits per heavy atom.